The smallest absolute Gasteiger partial charge is 0.337 e. The molecule has 0 aliphatic rings. The van der Waals surface area contributed by atoms with Crippen LogP contribution in [0.1, 0.15) is 22.3 Å². The predicted molar refractivity (Wildman–Crippen MR) is 83.0 cm³/mol. The van der Waals surface area contributed by atoms with Crippen LogP contribution in [0.2, 0.25) is 0 Å². The third kappa shape index (κ3) is 6.70. The monoisotopic (exact) mass is 321 g/mol. The van der Waals surface area contributed by atoms with Gasteiger partial charge >= 0.3 is 17.8 Å². The van der Waals surface area contributed by atoms with Crippen molar-refractivity contribution >= 4 is 24.0 Å². The van der Waals surface area contributed by atoms with Gasteiger partial charge in [-0.3, -0.25) is 9.59 Å². The first-order valence-corrected chi connectivity index (χ1v) is 6.87. The quantitative estimate of drug-likeness (QED) is 0.243. The minimum atomic E-state index is -0.857. The fraction of sp³-hybridized carbons (Fsp3) is 0.333. The number of carbonyl (C=O) groups is 3. The number of hydrazone groups is 1. The van der Waals surface area contributed by atoms with E-state index in [1.807, 2.05) is 0 Å². The van der Waals surface area contributed by atoms with E-state index in [1.165, 1.54) is 13.3 Å². The molecule has 8 nitrogen and oxygen atoms in total. The molecule has 0 heterocycles. The summed E-state index contributed by atoms with van der Waals surface area (Å²) in [6.45, 7) is 0.848. The minimum Gasteiger partial charge on any atom is -0.465 e. The first-order chi connectivity index (χ1) is 11.1. The van der Waals surface area contributed by atoms with Gasteiger partial charge in [-0.1, -0.05) is 12.1 Å². The molecule has 0 unspecified atom stereocenters. The van der Waals surface area contributed by atoms with E-state index in [4.69, 9.17) is 4.74 Å². The number of rotatable bonds is 7. The third-order valence-corrected chi connectivity index (χ3v) is 2.73. The second-order valence-electron chi connectivity index (χ2n) is 4.41. The van der Waals surface area contributed by atoms with Crippen LogP contribution in [0.25, 0.3) is 0 Å². The van der Waals surface area contributed by atoms with E-state index in [1.54, 1.807) is 31.4 Å². The number of nitrogens with zero attached hydrogens (tertiary/aromatic N) is 1. The Morgan fingerprint density at radius 2 is 1.83 bits per heavy atom. The molecule has 0 atom stereocenters. The molecular weight excluding hydrogens is 302 g/mol. The number of carbonyl (C=O) groups excluding carboxylic acids is 3. The molecule has 124 valence electrons. The van der Waals surface area contributed by atoms with Gasteiger partial charge in [-0.25, -0.2) is 10.2 Å². The maximum atomic E-state index is 11.4. The molecule has 0 saturated carbocycles. The lowest BCUT2D eigenvalue weighted by Crippen LogP contribution is -2.38. The average Bonchev–Trinajstić information content (AvgIpc) is 2.58. The number of hydrogen-bond donors (Lipinski definition) is 2. The standard InChI is InChI=1S/C15H19N3O5/c1-22-9-3-8-16-13(19)14(20)18-17-10-11-4-6-12(7-5-11)15(21)23-2/h4-7,10H,3,8-9H2,1-2H3,(H,16,19)(H,18,20)/b17-10-. The van der Waals surface area contributed by atoms with E-state index in [9.17, 15) is 14.4 Å². The molecule has 0 saturated heterocycles. The number of benzene rings is 1. The van der Waals surface area contributed by atoms with Crippen molar-refractivity contribution in [3.05, 3.63) is 35.4 Å². The zero-order valence-electron chi connectivity index (χ0n) is 13.0. The summed E-state index contributed by atoms with van der Waals surface area (Å²) in [5.74, 6) is -2.06. The largest absolute Gasteiger partial charge is 0.465 e. The molecule has 0 fully saturated rings. The Kier molecular flexibility index (Phi) is 8.01. The highest BCUT2D eigenvalue weighted by Crippen LogP contribution is 2.03. The third-order valence-electron chi connectivity index (χ3n) is 2.73. The lowest BCUT2D eigenvalue weighted by molar-refractivity contribution is -0.139. The number of amides is 2. The van der Waals surface area contributed by atoms with Gasteiger partial charge in [0.05, 0.1) is 18.9 Å². The fourth-order valence-electron chi connectivity index (χ4n) is 1.54. The molecule has 0 aliphatic carbocycles. The molecular formula is C15H19N3O5. The summed E-state index contributed by atoms with van der Waals surface area (Å²) in [5, 5.41) is 6.11. The van der Waals surface area contributed by atoms with Crippen molar-refractivity contribution in [2.75, 3.05) is 27.4 Å². The van der Waals surface area contributed by atoms with Crippen LogP contribution in [0.3, 0.4) is 0 Å². The number of nitrogens with one attached hydrogen (secondary N) is 2. The maximum Gasteiger partial charge on any atom is 0.337 e. The van der Waals surface area contributed by atoms with Gasteiger partial charge in [-0.05, 0) is 24.1 Å². The molecule has 1 aromatic carbocycles. The first-order valence-electron chi connectivity index (χ1n) is 6.87. The SMILES string of the molecule is COCCCNC(=O)C(=O)N/N=C\c1ccc(C(=O)OC)cc1. The zero-order valence-corrected chi connectivity index (χ0v) is 13.0. The van der Waals surface area contributed by atoms with Crippen LogP contribution in [-0.2, 0) is 19.1 Å². The van der Waals surface area contributed by atoms with E-state index in [2.05, 4.69) is 20.6 Å². The molecule has 2 N–H and O–H groups in total. The Hall–Kier alpha value is -2.74. The summed E-state index contributed by atoms with van der Waals surface area (Å²) in [7, 11) is 2.86. The normalized spacial score (nSPS) is 10.3. The van der Waals surface area contributed by atoms with Crippen LogP contribution in [0.5, 0.6) is 0 Å². The Labute approximate surface area is 133 Å². The molecule has 8 heteroatoms. The number of hydrogen-bond acceptors (Lipinski definition) is 6. The van der Waals surface area contributed by atoms with Gasteiger partial charge in [-0.2, -0.15) is 5.10 Å². The van der Waals surface area contributed by atoms with E-state index >= 15 is 0 Å². The van der Waals surface area contributed by atoms with Crippen LogP contribution in [-0.4, -0.2) is 51.4 Å². The molecule has 0 bridgehead atoms. The van der Waals surface area contributed by atoms with Gasteiger partial charge in [0.1, 0.15) is 0 Å². The van der Waals surface area contributed by atoms with Crippen LogP contribution in [0.4, 0.5) is 0 Å². The van der Waals surface area contributed by atoms with Crippen molar-refractivity contribution in [1.82, 2.24) is 10.7 Å². The van der Waals surface area contributed by atoms with Gasteiger partial charge in [0.25, 0.3) is 0 Å². The summed E-state index contributed by atoms with van der Waals surface area (Å²) in [6, 6.07) is 6.40. The van der Waals surface area contributed by atoms with Gasteiger partial charge in [0, 0.05) is 20.3 Å². The molecule has 0 radical (unpaired) electrons. The highest BCUT2D eigenvalue weighted by atomic mass is 16.5. The van der Waals surface area contributed by atoms with Crippen LogP contribution >= 0.6 is 0 Å². The van der Waals surface area contributed by atoms with Gasteiger partial charge in [-0.15, -0.1) is 0 Å². The van der Waals surface area contributed by atoms with Crippen molar-refractivity contribution in [3.8, 4) is 0 Å². The summed E-state index contributed by atoms with van der Waals surface area (Å²) in [6.07, 6.45) is 1.97. The Morgan fingerprint density at radius 1 is 1.13 bits per heavy atom. The lowest BCUT2D eigenvalue weighted by atomic mass is 10.1. The van der Waals surface area contributed by atoms with Gasteiger partial charge in [0.2, 0.25) is 0 Å². The van der Waals surface area contributed by atoms with Crippen LogP contribution in [0.15, 0.2) is 29.4 Å². The van der Waals surface area contributed by atoms with Crippen LogP contribution in [0, 0.1) is 0 Å². The average molecular weight is 321 g/mol. The van der Waals surface area contributed by atoms with Crippen molar-refractivity contribution in [2.24, 2.45) is 5.10 Å². The summed E-state index contributed by atoms with van der Waals surface area (Å²) in [4.78, 5) is 34.1. The molecule has 23 heavy (non-hydrogen) atoms. The Balaban J connectivity index is 2.41. The second kappa shape index (κ2) is 10.1. The van der Waals surface area contributed by atoms with Crippen molar-refractivity contribution in [3.63, 3.8) is 0 Å². The molecule has 1 aromatic rings. The van der Waals surface area contributed by atoms with Gasteiger partial charge < -0.3 is 14.8 Å². The summed E-state index contributed by atoms with van der Waals surface area (Å²) >= 11 is 0. The van der Waals surface area contributed by atoms with Crippen molar-refractivity contribution in [1.29, 1.82) is 0 Å². The number of ether oxygens (including phenoxy) is 2. The van der Waals surface area contributed by atoms with Crippen molar-refractivity contribution < 1.29 is 23.9 Å². The summed E-state index contributed by atoms with van der Waals surface area (Å²) < 4.78 is 9.40. The Morgan fingerprint density at radius 3 is 2.43 bits per heavy atom. The topological polar surface area (TPSA) is 106 Å². The molecule has 0 aliphatic heterocycles. The highest BCUT2D eigenvalue weighted by molar-refractivity contribution is 6.35. The van der Waals surface area contributed by atoms with E-state index in [-0.39, 0.29) is 0 Å². The van der Waals surface area contributed by atoms with E-state index < -0.39 is 17.8 Å². The van der Waals surface area contributed by atoms with Gasteiger partial charge in [0.15, 0.2) is 0 Å². The van der Waals surface area contributed by atoms with Crippen LogP contribution < -0.4 is 10.7 Å². The highest BCUT2D eigenvalue weighted by Gasteiger charge is 2.11. The number of methoxy groups -OCH3 is 2. The fourth-order valence-corrected chi connectivity index (χ4v) is 1.54. The maximum absolute atomic E-state index is 11.4. The lowest BCUT2D eigenvalue weighted by Gasteiger charge is -2.03. The molecule has 0 spiro atoms. The molecule has 1 rings (SSSR count). The molecule has 2 amide bonds. The zero-order chi connectivity index (χ0) is 17.1. The first kappa shape index (κ1) is 18.3. The van der Waals surface area contributed by atoms with E-state index in [0.717, 1.165) is 0 Å². The number of esters is 1. The molecule has 0 aromatic heterocycles. The minimum absolute atomic E-state index is 0.346. The predicted octanol–water partition coefficient (Wildman–Crippen LogP) is 0.0760. The van der Waals surface area contributed by atoms with E-state index in [0.29, 0.717) is 30.7 Å². The van der Waals surface area contributed by atoms with Crippen molar-refractivity contribution in [2.45, 2.75) is 6.42 Å². The second-order valence-corrected chi connectivity index (χ2v) is 4.41. The summed E-state index contributed by atoms with van der Waals surface area (Å²) in [5.41, 5.74) is 3.17. The Bertz CT molecular complexity index is 569.